The molecule has 1 saturated carbocycles. The van der Waals surface area contributed by atoms with E-state index in [1.807, 2.05) is 6.92 Å². The topological polar surface area (TPSA) is 54.4 Å². The van der Waals surface area contributed by atoms with Crippen molar-refractivity contribution in [3.8, 4) is 0 Å². The maximum absolute atomic E-state index is 12.4. The lowest BCUT2D eigenvalue weighted by Crippen LogP contribution is -2.27. The Balaban J connectivity index is 2.18. The van der Waals surface area contributed by atoms with Gasteiger partial charge in [0.15, 0.2) is 5.78 Å². The molecule has 2 rings (SSSR count). The number of hydrogen-bond donors (Lipinski definition) is 1. The number of hydrogen-bond acceptors (Lipinski definition) is 3. The molecule has 0 aromatic carbocycles. The molecule has 0 amide bonds. The molecule has 1 fully saturated rings. The van der Waals surface area contributed by atoms with E-state index >= 15 is 0 Å². The predicted molar refractivity (Wildman–Crippen MR) is 92.0 cm³/mol. The Bertz CT molecular complexity index is 503. The second-order valence-electron chi connectivity index (χ2n) is 8.51. The quantitative estimate of drug-likeness (QED) is 0.735. The molecule has 23 heavy (non-hydrogen) atoms. The first-order valence-electron chi connectivity index (χ1n) is 9.08. The van der Waals surface area contributed by atoms with Crippen LogP contribution in [0.3, 0.4) is 0 Å². The molecule has 3 heteroatoms. The Labute approximate surface area is 140 Å². The largest absolute Gasteiger partial charge is 0.385 e. The molecular weight excluding hydrogens is 288 g/mol. The highest BCUT2D eigenvalue weighted by Crippen LogP contribution is 2.61. The van der Waals surface area contributed by atoms with Crippen LogP contribution in [0, 0.1) is 29.1 Å². The lowest BCUT2D eigenvalue weighted by molar-refractivity contribution is -0.127. The SMILES string of the molecule is C/C1=C/[C@H]2[C@@H](CC[C@@H](C)CCC(=O)[C@@H](C)C[C@@H](O)C1=O)C2(C)C. The number of carbonyl (C=O) groups excluding carboxylic acids is 2. The van der Waals surface area contributed by atoms with Crippen LogP contribution in [0.4, 0.5) is 0 Å². The summed E-state index contributed by atoms with van der Waals surface area (Å²) in [4.78, 5) is 24.6. The summed E-state index contributed by atoms with van der Waals surface area (Å²) in [6.45, 7) is 10.4. The minimum Gasteiger partial charge on any atom is -0.385 e. The number of rotatable bonds is 0. The van der Waals surface area contributed by atoms with Gasteiger partial charge in [0.2, 0.25) is 0 Å². The molecule has 1 N–H and O–H groups in total. The van der Waals surface area contributed by atoms with Crippen molar-refractivity contribution >= 4 is 11.6 Å². The van der Waals surface area contributed by atoms with Crippen molar-refractivity contribution in [2.75, 3.05) is 0 Å². The first kappa shape index (κ1) is 18.4. The molecule has 130 valence electrons. The van der Waals surface area contributed by atoms with Crippen molar-refractivity contribution in [1.29, 1.82) is 0 Å². The average molecular weight is 320 g/mol. The normalized spacial score (nSPS) is 41.5. The van der Waals surface area contributed by atoms with Gasteiger partial charge in [-0.3, -0.25) is 9.59 Å². The fourth-order valence-corrected chi connectivity index (χ4v) is 4.10. The number of allylic oxidation sites excluding steroid dienone is 1. The van der Waals surface area contributed by atoms with Crippen LogP contribution < -0.4 is 0 Å². The highest BCUT2D eigenvalue weighted by molar-refractivity contribution is 5.98. The lowest BCUT2D eigenvalue weighted by Gasteiger charge is -2.17. The van der Waals surface area contributed by atoms with E-state index in [4.69, 9.17) is 0 Å². The first-order chi connectivity index (χ1) is 10.6. The molecule has 3 nitrogen and oxygen atoms in total. The van der Waals surface area contributed by atoms with Gasteiger partial charge >= 0.3 is 0 Å². The van der Waals surface area contributed by atoms with Crippen LogP contribution in [0.25, 0.3) is 0 Å². The minimum atomic E-state index is -1.05. The Morgan fingerprint density at radius 3 is 2.43 bits per heavy atom. The Kier molecular flexibility index (Phi) is 5.50. The molecule has 0 aromatic rings. The van der Waals surface area contributed by atoms with Gasteiger partial charge in [-0.2, -0.15) is 0 Å². The number of aliphatic hydroxyl groups is 1. The number of Topliss-reactive ketones (excluding diaryl/α,β-unsaturated/α-hetero) is 2. The highest BCUT2D eigenvalue weighted by atomic mass is 16.3. The van der Waals surface area contributed by atoms with Gasteiger partial charge in [0.1, 0.15) is 11.9 Å². The average Bonchev–Trinajstić information content (AvgIpc) is 3.00. The summed E-state index contributed by atoms with van der Waals surface area (Å²) in [5.74, 6) is 1.32. The van der Waals surface area contributed by atoms with Crippen molar-refractivity contribution < 1.29 is 14.7 Å². The van der Waals surface area contributed by atoms with Crippen LogP contribution in [0.15, 0.2) is 11.6 Å². The zero-order valence-corrected chi connectivity index (χ0v) is 15.3. The van der Waals surface area contributed by atoms with Crippen LogP contribution >= 0.6 is 0 Å². The van der Waals surface area contributed by atoms with E-state index in [1.165, 1.54) is 0 Å². The summed E-state index contributed by atoms with van der Waals surface area (Å²) in [5, 5.41) is 10.2. The molecule has 2 aliphatic rings. The minimum absolute atomic E-state index is 0.173. The van der Waals surface area contributed by atoms with Gasteiger partial charge in [0.25, 0.3) is 0 Å². The van der Waals surface area contributed by atoms with E-state index in [2.05, 4.69) is 26.8 Å². The highest BCUT2D eigenvalue weighted by Gasteiger charge is 2.55. The van der Waals surface area contributed by atoms with E-state index in [-0.39, 0.29) is 29.3 Å². The molecule has 0 aromatic heterocycles. The first-order valence-corrected chi connectivity index (χ1v) is 9.08. The molecule has 0 saturated heterocycles. The summed E-state index contributed by atoms with van der Waals surface area (Å²) in [6.07, 6.45) is 5.05. The molecule has 0 unspecified atom stereocenters. The number of carbonyl (C=O) groups is 2. The molecule has 0 aliphatic heterocycles. The molecular formula is C20H32O3. The van der Waals surface area contributed by atoms with Crippen molar-refractivity contribution in [3.05, 3.63) is 11.6 Å². The molecule has 2 aliphatic carbocycles. The van der Waals surface area contributed by atoms with Gasteiger partial charge in [0, 0.05) is 12.3 Å². The van der Waals surface area contributed by atoms with Gasteiger partial charge in [0.05, 0.1) is 0 Å². The molecule has 0 heterocycles. The maximum atomic E-state index is 12.4. The summed E-state index contributed by atoms with van der Waals surface area (Å²) in [6, 6.07) is 0. The smallest absolute Gasteiger partial charge is 0.186 e. The van der Waals surface area contributed by atoms with Gasteiger partial charge in [-0.1, -0.05) is 40.2 Å². The molecule has 0 bridgehead atoms. The summed E-state index contributed by atoms with van der Waals surface area (Å²) in [7, 11) is 0. The van der Waals surface area contributed by atoms with Crippen LogP contribution in [-0.2, 0) is 9.59 Å². The second kappa shape index (κ2) is 6.88. The molecule has 0 radical (unpaired) electrons. The Hall–Kier alpha value is -0.960. The number of ketones is 2. The molecule has 0 spiro atoms. The van der Waals surface area contributed by atoms with Gasteiger partial charge in [-0.05, 0) is 54.9 Å². The molecule has 5 atom stereocenters. The van der Waals surface area contributed by atoms with E-state index in [0.29, 0.717) is 29.7 Å². The second-order valence-corrected chi connectivity index (χ2v) is 8.51. The standard InChI is InChI=1S/C20H32O3/c1-12-6-8-15-16(20(15,4)5)10-14(3)19(23)18(22)11-13(2)17(21)9-7-12/h10,12-13,15-16,18,22H,6-9,11H2,1-5H3/b14-10-/t12-,13+,15-,16+,18-/m1/s1. The zero-order valence-electron chi connectivity index (χ0n) is 15.3. The van der Waals surface area contributed by atoms with E-state index in [1.54, 1.807) is 6.92 Å². The zero-order chi connectivity index (χ0) is 17.4. The third-order valence-corrected chi connectivity index (χ3v) is 6.24. The third kappa shape index (κ3) is 4.12. The van der Waals surface area contributed by atoms with E-state index in [9.17, 15) is 14.7 Å². The Morgan fingerprint density at radius 1 is 1.13 bits per heavy atom. The van der Waals surface area contributed by atoms with E-state index in [0.717, 1.165) is 19.3 Å². The van der Waals surface area contributed by atoms with Crippen LogP contribution in [0.1, 0.15) is 66.7 Å². The fraction of sp³-hybridized carbons (Fsp3) is 0.800. The van der Waals surface area contributed by atoms with Gasteiger partial charge in [-0.25, -0.2) is 0 Å². The van der Waals surface area contributed by atoms with Crippen molar-refractivity contribution in [2.45, 2.75) is 72.8 Å². The van der Waals surface area contributed by atoms with Crippen molar-refractivity contribution in [2.24, 2.45) is 29.1 Å². The fourth-order valence-electron chi connectivity index (χ4n) is 4.10. The van der Waals surface area contributed by atoms with Crippen LogP contribution in [-0.4, -0.2) is 22.8 Å². The predicted octanol–water partition coefficient (Wildman–Crippen LogP) is 3.94. The summed E-state index contributed by atoms with van der Waals surface area (Å²) in [5.41, 5.74) is 0.901. The number of aliphatic hydroxyl groups excluding tert-OH is 1. The van der Waals surface area contributed by atoms with E-state index < -0.39 is 6.10 Å². The maximum Gasteiger partial charge on any atom is 0.186 e. The summed E-state index contributed by atoms with van der Waals surface area (Å²) < 4.78 is 0. The van der Waals surface area contributed by atoms with Gasteiger partial charge in [-0.15, -0.1) is 0 Å². The lowest BCUT2D eigenvalue weighted by atomic mass is 9.89. The monoisotopic (exact) mass is 320 g/mol. The van der Waals surface area contributed by atoms with Crippen molar-refractivity contribution in [1.82, 2.24) is 0 Å². The summed E-state index contributed by atoms with van der Waals surface area (Å²) >= 11 is 0. The van der Waals surface area contributed by atoms with Crippen LogP contribution in [0.2, 0.25) is 0 Å². The van der Waals surface area contributed by atoms with Crippen molar-refractivity contribution in [3.63, 3.8) is 0 Å². The Morgan fingerprint density at radius 2 is 1.78 bits per heavy atom. The number of fused-ring (bicyclic) bond motifs is 1. The third-order valence-electron chi connectivity index (χ3n) is 6.24. The van der Waals surface area contributed by atoms with Gasteiger partial charge < -0.3 is 5.11 Å². The van der Waals surface area contributed by atoms with Crippen LogP contribution in [0.5, 0.6) is 0 Å².